The molecule has 0 aliphatic carbocycles. The average Bonchev–Trinajstić information content (AvgIpc) is 2.75. The molecule has 1 aliphatic rings. The fourth-order valence-corrected chi connectivity index (χ4v) is 3.45. The van der Waals surface area contributed by atoms with Crippen LogP contribution in [-0.2, 0) is 10.5 Å². The SMILES string of the molecule is CCNc1nc(CSC2COC2)nc2sccc12. The van der Waals surface area contributed by atoms with Crippen molar-refractivity contribution in [3.8, 4) is 0 Å². The van der Waals surface area contributed by atoms with Crippen molar-refractivity contribution in [3.05, 3.63) is 17.3 Å². The van der Waals surface area contributed by atoms with Gasteiger partial charge in [-0.25, -0.2) is 9.97 Å². The van der Waals surface area contributed by atoms with Crippen LogP contribution in [0.25, 0.3) is 10.2 Å². The molecule has 2 aromatic heterocycles. The van der Waals surface area contributed by atoms with E-state index in [-0.39, 0.29) is 0 Å². The minimum Gasteiger partial charge on any atom is -0.379 e. The number of thioether (sulfide) groups is 1. The third-order valence-corrected chi connectivity index (χ3v) is 4.75. The van der Waals surface area contributed by atoms with Gasteiger partial charge in [0.2, 0.25) is 0 Å². The standard InChI is InChI=1S/C12H15N3OS2/c1-2-13-11-9-3-4-17-12(9)15-10(14-11)7-18-8-5-16-6-8/h3-4,8H,2,5-7H2,1H3,(H,13,14,15). The molecule has 0 saturated carbocycles. The predicted molar refractivity (Wildman–Crippen MR) is 77.5 cm³/mol. The monoisotopic (exact) mass is 281 g/mol. The normalized spacial score (nSPS) is 15.8. The van der Waals surface area contributed by atoms with Gasteiger partial charge in [-0.15, -0.1) is 23.1 Å². The quantitative estimate of drug-likeness (QED) is 0.913. The van der Waals surface area contributed by atoms with Crippen molar-refractivity contribution >= 4 is 39.1 Å². The van der Waals surface area contributed by atoms with Crippen molar-refractivity contribution < 1.29 is 4.74 Å². The molecule has 6 heteroatoms. The zero-order valence-corrected chi connectivity index (χ0v) is 11.8. The summed E-state index contributed by atoms with van der Waals surface area (Å²) < 4.78 is 5.17. The molecule has 0 unspecified atom stereocenters. The Balaban J connectivity index is 1.81. The molecule has 0 aromatic carbocycles. The summed E-state index contributed by atoms with van der Waals surface area (Å²) in [5.41, 5.74) is 0. The van der Waals surface area contributed by atoms with E-state index in [1.54, 1.807) is 11.3 Å². The second kappa shape index (κ2) is 5.42. The molecule has 0 atom stereocenters. The summed E-state index contributed by atoms with van der Waals surface area (Å²) in [6, 6.07) is 2.08. The molecule has 0 radical (unpaired) electrons. The Bertz CT molecular complexity index is 539. The van der Waals surface area contributed by atoms with Gasteiger partial charge in [-0.1, -0.05) is 0 Å². The van der Waals surface area contributed by atoms with Gasteiger partial charge in [0.25, 0.3) is 0 Å². The van der Waals surface area contributed by atoms with Gasteiger partial charge in [0, 0.05) is 6.54 Å². The first kappa shape index (κ1) is 12.2. The summed E-state index contributed by atoms with van der Waals surface area (Å²) in [5, 5.41) is 7.13. The maximum Gasteiger partial charge on any atom is 0.142 e. The van der Waals surface area contributed by atoms with Crippen molar-refractivity contribution in [1.82, 2.24) is 9.97 Å². The Morgan fingerprint density at radius 1 is 1.50 bits per heavy atom. The van der Waals surface area contributed by atoms with E-state index in [0.29, 0.717) is 5.25 Å². The highest BCUT2D eigenvalue weighted by atomic mass is 32.2. The van der Waals surface area contributed by atoms with Crippen molar-refractivity contribution in [2.45, 2.75) is 17.9 Å². The van der Waals surface area contributed by atoms with E-state index >= 15 is 0 Å². The highest BCUT2D eigenvalue weighted by Crippen LogP contribution is 2.27. The van der Waals surface area contributed by atoms with Crippen LogP contribution < -0.4 is 5.32 Å². The number of anilines is 1. The lowest BCUT2D eigenvalue weighted by Gasteiger charge is -2.24. The molecule has 4 nitrogen and oxygen atoms in total. The molecular weight excluding hydrogens is 266 g/mol. The lowest BCUT2D eigenvalue weighted by atomic mass is 10.3. The molecule has 0 amide bonds. The minimum absolute atomic E-state index is 0.621. The van der Waals surface area contributed by atoms with Crippen LogP contribution in [-0.4, -0.2) is 35.0 Å². The third kappa shape index (κ3) is 2.46. The number of nitrogens with one attached hydrogen (secondary N) is 1. The van der Waals surface area contributed by atoms with E-state index in [1.165, 1.54) is 0 Å². The molecule has 1 saturated heterocycles. The zero-order chi connectivity index (χ0) is 12.4. The second-order valence-electron chi connectivity index (χ2n) is 4.13. The molecule has 3 heterocycles. The van der Waals surface area contributed by atoms with Crippen LogP contribution in [0.3, 0.4) is 0 Å². The van der Waals surface area contributed by atoms with Crippen molar-refractivity contribution in [1.29, 1.82) is 0 Å². The average molecular weight is 281 g/mol. The molecule has 1 fully saturated rings. The Hall–Kier alpha value is -0.850. The van der Waals surface area contributed by atoms with E-state index in [4.69, 9.17) is 4.74 Å². The maximum atomic E-state index is 5.17. The number of thiophene rings is 1. The number of ether oxygens (including phenoxy) is 1. The van der Waals surface area contributed by atoms with Crippen LogP contribution in [0, 0.1) is 0 Å². The van der Waals surface area contributed by atoms with Gasteiger partial charge in [0.15, 0.2) is 0 Å². The fraction of sp³-hybridized carbons (Fsp3) is 0.500. The highest BCUT2D eigenvalue weighted by Gasteiger charge is 2.19. The number of hydrogen-bond donors (Lipinski definition) is 1. The molecule has 3 rings (SSSR count). The molecule has 1 N–H and O–H groups in total. The lowest BCUT2D eigenvalue weighted by Crippen LogP contribution is -2.30. The lowest BCUT2D eigenvalue weighted by molar-refractivity contribution is 0.0455. The van der Waals surface area contributed by atoms with Crippen LogP contribution in [0.2, 0.25) is 0 Å². The van der Waals surface area contributed by atoms with E-state index in [1.807, 2.05) is 11.8 Å². The largest absolute Gasteiger partial charge is 0.379 e. The molecule has 1 aliphatic heterocycles. The summed E-state index contributed by atoms with van der Waals surface area (Å²) in [6.07, 6.45) is 0. The first-order valence-corrected chi connectivity index (χ1v) is 7.97. The summed E-state index contributed by atoms with van der Waals surface area (Å²) in [4.78, 5) is 10.3. The van der Waals surface area contributed by atoms with Crippen molar-refractivity contribution in [3.63, 3.8) is 0 Å². The van der Waals surface area contributed by atoms with E-state index in [9.17, 15) is 0 Å². The van der Waals surface area contributed by atoms with E-state index in [0.717, 1.165) is 47.4 Å². The molecule has 2 aromatic rings. The van der Waals surface area contributed by atoms with Crippen LogP contribution in [0.15, 0.2) is 11.4 Å². The summed E-state index contributed by atoms with van der Waals surface area (Å²) >= 11 is 3.55. The van der Waals surface area contributed by atoms with Crippen LogP contribution >= 0.6 is 23.1 Å². The Kier molecular flexibility index (Phi) is 3.67. The first-order valence-electron chi connectivity index (χ1n) is 6.04. The summed E-state index contributed by atoms with van der Waals surface area (Å²) in [6.45, 7) is 4.70. The van der Waals surface area contributed by atoms with Gasteiger partial charge in [-0.3, -0.25) is 0 Å². The van der Waals surface area contributed by atoms with Crippen LogP contribution in [0.4, 0.5) is 5.82 Å². The molecule has 0 bridgehead atoms. The number of fused-ring (bicyclic) bond motifs is 1. The number of nitrogens with zero attached hydrogens (tertiary/aromatic N) is 2. The smallest absolute Gasteiger partial charge is 0.142 e. The predicted octanol–water partition coefficient (Wildman–Crippen LogP) is 2.76. The Morgan fingerprint density at radius 2 is 2.39 bits per heavy atom. The molecule has 96 valence electrons. The second-order valence-corrected chi connectivity index (χ2v) is 6.31. The van der Waals surface area contributed by atoms with Gasteiger partial charge in [-0.2, -0.15) is 0 Å². The number of hydrogen-bond acceptors (Lipinski definition) is 6. The molecule has 0 spiro atoms. The van der Waals surface area contributed by atoms with Crippen LogP contribution in [0.5, 0.6) is 0 Å². The molecule has 18 heavy (non-hydrogen) atoms. The van der Waals surface area contributed by atoms with E-state index in [2.05, 4.69) is 33.7 Å². The topological polar surface area (TPSA) is 47.0 Å². The van der Waals surface area contributed by atoms with Crippen molar-refractivity contribution in [2.75, 3.05) is 25.1 Å². The maximum absolute atomic E-state index is 5.17. The van der Waals surface area contributed by atoms with Gasteiger partial charge in [0.1, 0.15) is 16.5 Å². The Morgan fingerprint density at radius 3 is 3.11 bits per heavy atom. The van der Waals surface area contributed by atoms with Crippen LogP contribution in [0.1, 0.15) is 12.7 Å². The van der Waals surface area contributed by atoms with Gasteiger partial charge >= 0.3 is 0 Å². The minimum atomic E-state index is 0.621. The van der Waals surface area contributed by atoms with Crippen molar-refractivity contribution in [2.24, 2.45) is 0 Å². The molecular formula is C12H15N3OS2. The summed E-state index contributed by atoms with van der Waals surface area (Å²) in [5.74, 6) is 2.74. The number of rotatable bonds is 5. The van der Waals surface area contributed by atoms with Gasteiger partial charge in [-0.05, 0) is 18.4 Å². The third-order valence-electron chi connectivity index (χ3n) is 2.77. The van der Waals surface area contributed by atoms with Gasteiger partial charge < -0.3 is 10.1 Å². The first-order chi connectivity index (χ1) is 8.86. The van der Waals surface area contributed by atoms with E-state index < -0.39 is 0 Å². The fourth-order valence-electron chi connectivity index (χ4n) is 1.77. The summed E-state index contributed by atoms with van der Waals surface area (Å²) in [7, 11) is 0. The highest BCUT2D eigenvalue weighted by molar-refractivity contribution is 7.99. The Labute approximate surface area is 114 Å². The number of aromatic nitrogens is 2. The zero-order valence-electron chi connectivity index (χ0n) is 10.2. The van der Waals surface area contributed by atoms with Gasteiger partial charge in [0.05, 0.1) is 29.6 Å².